The van der Waals surface area contributed by atoms with Gasteiger partial charge >= 0.3 is 0 Å². The van der Waals surface area contributed by atoms with Crippen molar-refractivity contribution in [2.45, 2.75) is 18.0 Å². The Hall–Kier alpha value is -3.54. The quantitative estimate of drug-likeness (QED) is 0.446. The second-order valence-electron chi connectivity index (χ2n) is 6.22. The van der Waals surface area contributed by atoms with Crippen LogP contribution in [0.15, 0.2) is 91.0 Å². The van der Waals surface area contributed by atoms with Gasteiger partial charge in [-0.15, -0.1) is 0 Å². The number of hydrogen-bond acceptors (Lipinski definition) is 4. The fourth-order valence-corrected chi connectivity index (χ4v) is 3.43. The molecule has 0 aliphatic rings. The number of hydrogen-bond donors (Lipinski definition) is 0. The Morgan fingerprint density at radius 1 is 0.519 bits per heavy atom. The van der Waals surface area contributed by atoms with Crippen LogP contribution < -0.4 is 0 Å². The standard InChI is InChI=1S/C21H18N2O4/c24-22(25)20(17-12-6-2-7-13-17)19(16-10-4-1-5-11-16)21(23(26)27)18-14-8-3-9-15-18/h1-15,19-21H/t20-,21-/m1/s1. The van der Waals surface area contributed by atoms with Crippen molar-refractivity contribution in [3.63, 3.8) is 0 Å². The Kier molecular flexibility index (Phi) is 5.56. The minimum atomic E-state index is -1.25. The van der Waals surface area contributed by atoms with Crippen LogP contribution in [0.25, 0.3) is 0 Å². The number of rotatable bonds is 7. The lowest BCUT2D eigenvalue weighted by Gasteiger charge is -2.25. The molecule has 0 bridgehead atoms. The summed E-state index contributed by atoms with van der Waals surface area (Å²) in [6, 6.07) is 23.1. The molecule has 27 heavy (non-hydrogen) atoms. The maximum atomic E-state index is 12.1. The van der Waals surface area contributed by atoms with Gasteiger partial charge < -0.3 is 0 Å². The molecule has 0 saturated heterocycles. The van der Waals surface area contributed by atoms with E-state index in [2.05, 4.69) is 0 Å². The largest absolute Gasteiger partial charge is 0.264 e. The van der Waals surface area contributed by atoms with E-state index in [4.69, 9.17) is 0 Å². The molecule has 0 saturated carbocycles. The third kappa shape index (κ3) is 4.00. The fraction of sp³-hybridized carbons (Fsp3) is 0.143. The molecule has 0 N–H and O–H groups in total. The van der Waals surface area contributed by atoms with E-state index in [1.807, 2.05) is 0 Å². The van der Waals surface area contributed by atoms with Gasteiger partial charge in [0.1, 0.15) is 5.92 Å². The Morgan fingerprint density at radius 2 is 0.815 bits per heavy atom. The molecule has 2 atom stereocenters. The SMILES string of the molecule is O=[N+]([O-])[C@H](c1ccccc1)C(c1ccccc1)[C@@H](c1ccccc1)[N+](=O)[O-]. The molecule has 3 aromatic carbocycles. The lowest BCUT2D eigenvalue weighted by atomic mass is 9.79. The zero-order valence-electron chi connectivity index (χ0n) is 14.4. The molecule has 0 aliphatic heterocycles. The van der Waals surface area contributed by atoms with Gasteiger partial charge in [0.05, 0.1) is 0 Å². The lowest BCUT2D eigenvalue weighted by molar-refractivity contribution is -0.575. The highest BCUT2D eigenvalue weighted by Crippen LogP contribution is 2.44. The molecule has 0 amide bonds. The van der Waals surface area contributed by atoms with Crippen LogP contribution in [0, 0.1) is 20.2 Å². The third-order valence-corrected chi connectivity index (χ3v) is 4.60. The average molecular weight is 362 g/mol. The van der Waals surface area contributed by atoms with Gasteiger partial charge in [0.25, 0.3) is 12.1 Å². The van der Waals surface area contributed by atoms with Gasteiger partial charge in [-0.25, -0.2) is 0 Å². The molecule has 136 valence electrons. The van der Waals surface area contributed by atoms with E-state index in [1.165, 1.54) is 0 Å². The Balaban J connectivity index is 2.21. The highest BCUT2D eigenvalue weighted by molar-refractivity contribution is 5.31. The maximum Gasteiger partial charge on any atom is 0.251 e. The highest BCUT2D eigenvalue weighted by Gasteiger charge is 2.46. The van der Waals surface area contributed by atoms with Gasteiger partial charge in [0.15, 0.2) is 0 Å². The average Bonchev–Trinajstić information content (AvgIpc) is 2.69. The predicted octanol–water partition coefficient (Wildman–Crippen LogP) is 4.81. The van der Waals surface area contributed by atoms with E-state index in [0.29, 0.717) is 16.7 Å². The molecule has 6 heteroatoms. The summed E-state index contributed by atoms with van der Waals surface area (Å²) in [6.07, 6.45) is 0. The molecule has 0 heterocycles. The van der Waals surface area contributed by atoms with Crippen LogP contribution in [0.2, 0.25) is 0 Å². The van der Waals surface area contributed by atoms with Gasteiger partial charge in [-0.1, -0.05) is 91.0 Å². The summed E-state index contributed by atoms with van der Waals surface area (Å²) >= 11 is 0. The molecule has 0 aromatic heterocycles. The van der Waals surface area contributed by atoms with Crippen molar-refractivity contribution in [3.8, 4) is 0 Å². The van der Waals surface area contributed by atoms with E-state index in [-0.39, 0.29) is 0 Å². The summed E-state index contributed by atoms with van der Waals surface area (Å²) in [4.78, 5) is 23.3. The normalized spacial score (nSPS) is 13.1. The van der Waals surface area contributed by atoms with Crippen LogP contribution in [-0.2, 0) is 0 Å². The summed E-state index contributed by atoms with van der Waals surface area (Å²) in [5, 5.41) is 24.1. The molecule has 3 rings (SSSR count). The first-order chi connectivity index (χ1) is 13.1. The Bertz CT molecular complexity index is 844. The fourth-order valence-electron chi connectivity index (χ4n) is 3.43. The first kappa shape index (κ1) is 18.3. The second kappa shape index (κ2) is 8.23. The molecule has 3 aromatic rings. The van der Waals surface area contributed by atoms with Crippen molar-refractivity contribution >= 4 is 0 Å². The van der Waals surface area contributed by atoms with Crippen LogP contribution >= 0.6 is 0 Å². The summed E-state index contributed by atoms with van der Waals surface area (Å²) in [5.41, 5.74) is 1.45. The zero-order chi connectivity index (χ0) is 19.2. The minimum Gasteiger partial charge on any atom is -0.264 e. The highest BCUT2D eigenvalue weighted by atomic mass is 16.6. The molecule has 0 aliphatic carbocycles. The van der Waals surface area contributed by atoms with Crippen LogP contribution in [-0.4, -0.2) is 9.85 Å². The molecule has 0 fully saturated rings. The van der Waals surface area contributed by atoms with Gasteiger partial charge in [-0.2, -0.15) is 0 Å². The van der Waals surface area contributed by atoms with E-state index < -0.39 is 27.8 Å². The van der Waals surface area contributed by atoms with E-state index in [1.54, 1.807) is 91.0 Å². The smallest absolute Gasteiger partial charge is 0.251 e. The van der Waals surface area contributed by atoms with Gasteiger partial charge in [-0.3, -0.25) is 20.2 Å². The molecule has 0 unspecified atom stereocenters. The first-order valence-corrected chi connectivity index (χ1v) is 8.51. The van der Waals surface area contributed by atoms with Gasteiger partial charge in [-0.05, 0) is 5.56 Å². The maximum absolute atomic E-state index is 12.1. The first-order valence-electron chi connectivity index (χ1n) is 8.51. The second-order valence-corrected chi connectivity index (χ2v) is 6.22. The summed E-state index contributed by atoms with van der Waals surface area (Å²) < 4.78 is 0. The van der Waals surface area contributed by atoms with E-state index in [9.17, 15) is 20.2 Å². The zero-order valence-corrected chi connectivity index (χ0v) is 14.4. The topological polar surface area (TPSA) is 86.3 Å². The molecule has 0 spiro atoms. The van der Waals surface area contributed by atoms with Crippen LogP contribution in [0.1, 0.15) is 34.7 Å². The predicted molar refractivity (Wildman–Crippen MR) is 102 cm³/mol. The molecular formula is C21H18N2O4. The number of nitro groups is 2. The van der Waals surface area contributed by atoms with Crippen molar-refractivity contribution in [3.05, 3.63) is 128 Å². The van der Waals surface area contributed by atoms with Crippen LogP contribution in [0.5, 0.6) is 0 Å². The Morgan fingerprint density at radius 3 is 1.11 bits per heavy atom. The van der Waals surface area contributed by atoms with Crippen molar-refractivity contribution in [1.82, 2.24) is 0 Å². The van der Waals surface area contributed by atoms with E-state index >= 15 is 0 Å². The van der Waals surface area contributed by atoms with Crippen LogP contribution in [0.3, 0.4) is 0 Å². The monoisotopic (exact) mass is 362 g/mol. The Labute approximate surface area is 156 Å². The molecule has 0 radical (unpaired) electrons. The van der Waals surface area contributed by atoms with Crippen molar-refractivity contribution in [2.75, 3.05) is 0 Å². The van der Waals surface area contributed by atoms with Crippen molar-refractivity contribution < 1.29 is 9.85 Å². The lowest BCUT2D eigenvalue weighted by Crippen LogP contribution is -2.29. The summed E-state index contributed by atoms with van der Waals surface area (Å²) in [5.74, 6) is -0.957. The minimum absolute atomic E-state index is 0.424. The van der Waals surface area contributed by atoms with Gasteiger partial charge in [0, 0.05) is 21.0 Å². The van der Waals surface area contributed by atoms with Crippen LogP contribution in [0.4, 0.5) is 0 Å². The van der Waals surface area contributed by atoms with Crippen molar-refractivity contribution in [2.24, 2.45) is 0 Å². The number of nitrogens with zero attached hydrogens (tertiary/aromatic N) is 2. The van der Waals surface area contributed by atoms with E-state index in [0.717, 1.165) is 0 Å². The number of benzene rings is 3. The third-order valence-electron chi connectivity index (χ3n) is 4.60. The summed E-state index contributed by atoms with van der Waals surface area (Å²) in [6.45, 7) is 0. The molecule has 6 nitrogen and oxygen atoms in total. The molecular weight excluding hydrogens is 344 g/mol. The van der Waals surface area contributed by atoms with Gasteiger partial charge in [0.2, 0.25) is 0 Å². The van der Waals surface area contributed by atoms with Crippen molar-refractivity contribution in [1.29, 1.82) is 0 Å². The summed E-state index contributed by atoms with van der Waals surface area (Å²) in [7, 11) is 0.